The van der Waals surface area contributed by atoms with Crippen molar-refractivity contribution in [2.45, 2.75) is 26.2 Å². The van der Waals surface area contributed by atoms with Crippen LogP contribution in [0.4, 0.5) is 17.1 Å². The first-order valence-electron chi connectivity index (χ1n) is 6.73. The lowest BCUT2D eigenvalue weighted by molar-refractivity contribution is -0.383. The molecule has 2 amide bonds. The fourth-order valence-corrected chi connectivity index (χ4v) is 2.61. The van der Waals surface area contributed by atoms with E-state index in [0.29, 0.717) is 11.3 Å². The average Bonchev–Trinajstić information content (AvgIpc) is 2.59. The number of benzene rings is 1. The second-order valence-corrected chi connectivity index (χ2v) is 5.65. The highest BCUT2D eigenvalue weighted by molar-refractivity contribution is 6.09. The summed E-state index contributed by atoms with van der Waals surface area (Å²) in [6.07, 6.45) is 1.57. The Bertz CT molecular complexity index is 694. The third-order valence-corrected chi connectivity index (χ3v) is 3.68. The van der Waals surface area contributed by atoms with Crippen molar-refractivity contribution < 1.29 is 14.5 Å². The van der Waals surface area contributed by atoms with Crippen LogP contribution >= 0.6 is 0 Å². The van der Waals surface area contributed by atoms with Gasteiger partial charge in [0.15, 0.2) is 0 Å². The highest BCUT2D eigenvalue weighted by atomic mass is 16.6. The van der Waals surface area contributed by atoms with Crippen LogP contribution < -0.4 is 10.2 Å². The lowest BCUT2D eigenvalue weighted by Gasteiger charge is -2.18. The highest BCUT2D eigenvalue weighted by Crippen LogP contribution is 2.45. The molecule has 116 valence electrons. The van der Waals surface area contributed by atoms with E-state index in [0.717, 1.165) is 0 Å². The number of nitro groups is 1. The normalized spacial score (nSPS) is 15.4. The van der Waals surface area contributed by atoms with E-state index < -0.39 is 16.2 Å². The number of hydrogen-bond donors (Lipinski definition) is 1. The van der Waals surface area contributed by atoms with Crippen LogP contribution in [0.3, 0.4) is 0 Å². The predicted molar refractivity (Wildman–Crippen MR) is 83.0 cm³/mol. The molecule has 0 unspecified atom stereocenters. The van der Waals surface area contributed by atoms with Crippen molar-refractivity contribution in [3.8, 4) is 0 Å². The number of hydrogen-bond acceptors (Lipinski definition) is 4. The van der Waals surface area contributed by atoms with Crippen molar-refractivity contribution in [3.05, 3.63) is 40.5 Å². The standard InChI is InChI=1S/C15H17N3O4/c1-5-6-17-12-8-13(18(21)22)11(16-9(2)19)7-10(12)15(3,4)14(17)20/h5,7-8H,1,6H2,2-4H3,(H,16,19). The SMILES string of the molecule is C=CCN1C(=O)C(C)(C)c2cc(NC(C)=O)c([N+](=O)[O-])cc21. The third-order valence-electron chi connectivity index (χ3n) is 3.68. The highest BCUT2D eigenvalue weighted by Gasteiger charge is 2.45. The smallest absolute Gasteiger partial charge is 0.294 e. The van der Waals surface area contributed by atoms with E-state index in [1.54, 1.807) is 19.9 Å². The van der Waals surface area contributed by atoms with E-state index in [9.17, 15) is 19.7 Å². The van der Waals surface area contributed by atoms with Crippen LogP contribution in [0.15, 0.2) is 24.8 Å². The molecule has 0 fully saturated rings. The molecule has 0 saturated heterocycles. The molecule has 1 N–H and O–H groups in total. The molecule has 2 rings (SSSR count). The minimum atomic E-state index is -0.819. The van der Waals surface area contributed by atoms with Gasteiger partial charge in [-0.2, -0.15) is 0 Å². The molecule has 0 saturated carbocycles. The Labute approximate surface area is 127 Å². The number of fused-ring (bicyclic) bond motifs is 1. The average molecular weight is 303 g/mol. The second kappa shape index (κ2) is 5.25. The predicted octanol–water partition coefficient (Wildman–Crippen LogP) is 2.36. The number of carbonyl (C=O) groups excluding carboxylic acids is 2. The molecule has 0 radical (unpaired) electrons. The first-order chi connectivity index (χ1) is 10.2. The molecule has 1 aliphatic heterocycles. The zero-order chi connectivity index (χ0) is 16.7. The van der Waals surface area contributed by atoms with Gasteiger partial charge in [-0.25, -0.2) is 0 Å². The zero-order valence-electron chi connectivity index (χ0n) is 12.7. The van der Waals surface area contributed by atoms with E-state index in [2.05, 4.69) is 11.9 Å². The lowest BCUT2D eigenvalue weighted by Crippen LogP contribution is -2.36. The number of amides is 2. The number of nitro benzene ring substituents is 1. The van der Waals surface area contributed by atoms with Gasteiger partial charge in [-0.15, -0.1) is 6.58 Å². The molecule has 0 atom stereocenters. The van der Waals surface area contributed by atoms with Crippen molar-refractivity contribution in [2.75, 3.05) is 16.8 Å². The van der Waals surface area contributed by atoms with Gasteiger partial charge in [0.1, 0.15) is 5.69 Å². The van der Waals surface area contributed by atoms with Crippen LogP contribution in [-0.4, -0.2) is 23.3 Å². The Hall–Kier alpha value is -2.70. The van der Waals surface area contributed by atoms with E-state index in [1.165, 1.54) is 24.0 Å². The van der Waals surface area contributed by atoms with Crippen LogP contribution in [0.1, 0.15) is 26.3 Å². The molecule has 7 nitrogen and oxygen atoms in total. The Balaban J connectivity index is 2.69. The maximum atomic E-state index is 12.5. The van der Waals surface area contributed by atoms with Crippen molar-refractivity contribution in [1.82, 2.24) is 0 Å². The summed E-state index contributed by atoms with van der Waals surface area (Å²) in [5.41, 5.74) is 0.163. The van der Waals surface area contributed by atoms with Crippen molar-refractivity contribution >= 4 is 28.9 Å². The van der Waals surface area contributed by atoms with Crippen LogP contribution in [0.5, 0.6) is 0 Å². The first-order valence-corrected chi connectivity index (χ1v) is 6.73. The topological polar surface area (TPSA) is 92.6 Å². The van der Waals surface area contributed by atoms with Gasteiger partial charge in [0.2, 0.25) is 11.8 Å². The maximum Gasteiger partial charge on any atom is 0.294 e. The van der Waals surface area contributed by atoms with Crippen LogP contribution in [0, 0.1) is 10.1 Å². The summed E-state index contributed by atoms with van der Waals surface area (Å²) in [5.74, 6) is -0.565. The Kier molecular flexibility index (Phi) is 3.74. The van der Waals surface area contributed by atoms with Gasteiger partial charge in [0.25, 0.3) is 5.69 Å². The van der Waals surface area contributed by atoms with Gasteiger partial charge < -0.3 is 10.2 Å². The summed E-state index contributed by atoms with van der Waals surface area (Å²) in [7, 11) is 0. The van der Waals surface area contributed by atoms with Crippen molar-refractivity contribution in [3.63, 3.8) is 0 Å². The van der Waals surface area contributed by atoms with Crippen LogP contribution in [0.25, 0.3) is 0 Å². The summed E-state index contributed by atoms with van der Waals surface area (Å²) in [6, 6.07) is 2.84. The summed E-state index contributed by atoms with van der Waals surface area (Å²) in [4.78, 5) is 35.9. The zero-order valence-corrected chi connectivity index (χ0v) is 12.7. The first kappa shape index (κ1) is 15.7. The van der Waals surface area contributed by atoms with E-state index in [1.807, 2.05) is 0 Å². The molecule has 0 bridgehead atoms. The van der Waals surface area contributed by atoms with E-state index in [4.69, 9.17) is 0 Å². The van der Waals surface area contributed by atoms with Gasteiger partial charge in [0.05, 0.1) is 16.0 Å². The molecule has 0 aromatic heterocycles. The number of anilines is 2. The second-order valence-electron chi connectivity index (χ2n) is 5.65. The monoisotopic (exact) mass is 303 g/mol. The molecular formula is C15H17N3O4. The van der Waals surface area contributed by atoms with Gasteiger partial charge in [-0.1, -0.05) is 6.08 Å². The van der Waals surface area contributed by atoms with Gasteiger partial charge in [0, 0.05) is 19.5 Å². The van der Waals surface area contributed by atoms with Crippen molar-refractivity contribution in [2.24, 2.45) is 0 Å². The fourth-order valence-electron chi connectivity index (χ4n) is 2.61. The van der Waals surface area contributed by atoms with Gasteiger partial charge in [-0.05, 0) is 25.5 Å². The van der Waals surface area contributed by atoms with E-state index in [-0.39, 0.29) is 23.8 Å². The molecule has 22 heavy (non-hydrogen) atoms. The van der Waals surface area contributed by atoms with Crippen molar-refractivity contribution in [1.29, 1.82) is 0 Å². The molecule has 1 aliphatic rings. The number of carbonyl (C=O) groups is 2. The molecule has 0 aliphatic carbocycles. The molecule has 0 spiro atoms. The summed E-state index contributed by atoms with van der Waals surface area (Å²) in [5, 5.41) is 13.7. The van der Waals surface area contributed by atoms with Crippen LogP contribution in [0.2, 0.25) is 0 Å². The van der Waals surface area contributed by atoms with Gasteiger partial charge in [-0.3, -0.25) is 19.7 Å². The third kappa shape index (κ3) is 2.34. The summed E-state index contributed by atoms with van der Waals surface area (Å²) in [6.45, 7) is 8.66. The Morgan fingerprint density at radius 2 is 2.14 bits per heavy atom. The quantitative estimate of drug-likeness (QED) is 0.525. The minimum Gasteiger partial charge on any atom is -0.321 e. The summed E-state index contributed by atoms with van der Waals surface area (Å²) < 4.78 is 0. The lowest BCUT2D eigenvalue weighted by atomic mass is 9.86. The van der Waals surface area contributed by atoms with Gasteiger partial charge >= 0.3 is 0 Å². The number of rotatable bonds is 4. The molecular weight excluding hydrogens is 286 g/mol. The Morgan fingerprint density at radius 1 is 1.50 bits per heavy atom. The molecule has 1 aromatic rings. The molecule has 1 aromatic carbocycles. The van der Waals surface area contributed by atoms with Crippen LogP contribution in [-0.2, 0) is 15.0 Å². The molecule has 1 heterocycles. The van der Waals surface area contributed by atoms with E-state index >= 15 is 0 Å². The fraction of sp³-hybridized carbons (Fsp3) is 0.333. The largest absolute Gasteiger partial charge is 0.321 e. The minimum absolute atomic E-state index is 0.0950. The summed E-state index contributed by atoms with van der Waals surface area (Å²) >= 11 is 0. The number of nitrogens with one attached hydrogen (secondary N) is 1. The molecule has 7 heteroatoms. The maximum absolute atomic E-state index is 12.5. The Morgan fingerprint density at radius 3 is 2.64 bits per heavy atom. The number of nitrogens with zero attached hydrogens (tertiary/aromatic N) is 2.